The molecule has 138 valence electrons. The fourth-order valence-electron chi connectivity index (χ4n) is 2.90. The van der Waals surface area contributed by atoms with Crippen molar-refractivity contribution in [2.24, 2.45) is 0 Å². The molecule has 0 unspecified atom stereocenters. The third kappa shape index (κ3) is 3.43. The number of nitrogens with one attached hydrogen (secondary N) is 1. The lowest BCUT2D eigenvalue weighted by atomic mass is 10.0. The van der Waals surface area contributed by atoms with Crippen LogP contribution in [0, 0.1) is 0 Å². The van der Waals surface area contributed by atoms with Crippen molar-refractivity contribution >= 4 is 11.6 Å². The van der Waals surface area contributed by atoms with Crippen LogP contribution >= 0.6 is 0 Å². The van der Waals surface area contributed by atoms with E-state index < -0.39 is 6.61 Å². The smallest absolute Gasteiger partial charge is 0.387 e. The Morgan fingerprint density at radius 2 is 1.93 bits per heavy atom. The first-order valence-electron chi connectivity index (χ1n) is 8.10. The second kappa shape index (κ2) is 7.02. The normalized spacial score (nSPS) is 15.7. The van der Waals surface area contributed by atoms with E-state index in [1.165, 1.54) is 12.1 Å². The number of allylic oxidation sites excluding steroid dienone is 1. The van der Waals surface area contributed by atoms with Gasteiger partial charge in [-0.25, -0.2) is 0 Å². The predicted octanol–water partition coefficient (Wildman–Crippen LogP) is 3.34. The fourth-order valence-corrected chi connectivity index (χ4v) is 2.90. The lowest BCUT2D eigenvalue weighted by molar-refractivity contribution is -0.0498. The van der Waals surface area contributed by atoms with Crippen LogP contribution in [-0.4, -0.2) is 33.9 Å². The van der Waals surface area contributed by atoms with Crippen molar-refractivity contribution in [2.45, 2.75) is 12.7 Å². The van der Waals surface area contributed by atoms with Crippen LogP contribution in [0.1, 0.15) is 17.2 Å². The molecule has 1 N–H and O–H groups in total. The Hall–Kier alpha value is -3.49. The van der Waals surface area contributed by atoms with Gasteiger partial charge in [0.1, 0.15) is 17.5 Å². The molecule has 0 aliphatic carbocycles. The number of tetrazole rings is 1. The zero-order chi connectivity index (χ0) is 18.8. The molecule has 27 heavy (non-hydrogen) atoms. The van der Waals surface area contributed by atoms with Gasteiger partial charge in [-0.15, -0.1) is 0 Å². The molecule has 1 aliphatic rings. The Morgan fingerprint density at radius 1 is 1.11 bits per heavy atom. The molecule has 1 aliphatic heterocycles. The number of rotatable bonds is 5. The molecule has 0 saturated carbocycles. The molecule has 2 aromatic carbocycles. The second-order valence-electron chi connectivity index (χ2n) is 5.78. The summed E-state index contributed by atoms with van der Waals surface area (Å²) in [6.07, 6.45) is 1.96. The zero-order valence-electron chi connectivity index (χ0n) is 14.2. The first-order valence-corrected chi connectivity index (χ1v) is 8.10. The van der Waals surface area contributed by atoms with E-state index in [4.69, 9.17) is 4.74 Å². The standard InChI is InChI=1S/C18H15F2N5O2/c1-26-14-4-2-3-12(9-14)15-10-16(25-18(21-15)22-23-24-25)11-5-7-13(8-6-11)27-17(19)20/h2-10,16-17H,1H3,(H,21,22,24)/t16-/m0/s1. The third-order valence-electron chi connectivity index (χ3n) is 4.15. The number of hydrogen-bond acceptors (Lipinski definition) is 6. The molecule has 0 spiro atoms. The first kappa shape index (κ1) is 17.0. The molecule has 4 rings (SSSR count). The number of methoxy groups -OCH3 is 1. The molecule has 2 heterocycles. The fraction of sp³-hybridized carbons (Fsp3) is 0.167. The number of ether oxygens (including phenoxy) is 2. The summed E-state index contributed by atoms with van der Waals surface area (Å²) in [7, 11) is 1.61. The average molecular weight is 371 g/mol. The second-order valence-corrected chi connectivity index (χ2v) is 5.78. The Labute approximate surface area is 153 Å². The number of aromatic nitrogens is 4. The largest absolute Gasteiger partial charge is 0.497 e. The van der Waals surface area contributed by atoms with E-state index in [2.05, 4.69) is 25.6 Å². The number of benzene rings is 2. The summed E-state index contributed by atoms with van der Waals surface area (Å²) in [6, 6.07) is 13.7. The van der Waals surface area contributed by atoms with Crippen LogP contribution in [0.3, 0.4) is 0 Å². The van der Waals surface area contributed by atoms with Gasteiger partial charge in [-0.2, -0.15) is 13.5 Å². The summed E-state index contributed by atoms with van der Waals surface area (Å²) in [5, 5.41) is 14.9. The van der Waals surface area contributed by atoms with Crippen molar-refractivity contribution < 1.29 is 18.3 Å². The summed E-state index contributed by atoms with van der Waals surface area (Å²) < 4.78 is 36.0. The van der Waals surface area contributed by atoms with Crippen molar-refractivity contribution in [1.29, 1.82) is 0 Å². The molecule has 0 amide bonds. The van der Waals surface area contributed by atoms with E-state index in [1.807, 2.05) is 30.3 Å². The van der Waals surface area contributed by atoms with E-state index in [0.29, 0.717) is 5.95 Å². The highest BCUT2D eigenvalue weighted by Gasteiger charge is 2.24. The highest BCUT2D eigenvalue weighted by molar-refractivity contribution is 5.77. The van der Waals surface area contributed by atoms with Gasteiger partial charge in [-0.05, 0) is 46.3 Å². The summed E-state index contributed by atoms with van der Waals surface area (Å²) in [5.74, 6) is 1.30. The molecule has 0 saturated heterocycles. The maximum absolute atomic E-state index is 12.4. The van der Waals surface area contributed by atoms with E-state index in [1.54, 1.807) is 23.9 Å². The monoisotopic (exact) mass is 371 g/mol. The van der Waals surface area contributed by atoms with Gasteiger partial charge in [0.25, 0.3) is 0 Å². The predicted molar refractivity (Wildman–Crippen MR) is 93.6 cm³/mol. The van der Waals surface area contributed by atoms with Crippen LogP contribution in [0.2, 0.25) is 0 Å². The number of anilines is 1. The summed E-state index contributed by atoms with van der Waals surface area (Å²) in [6.45, 7) is -2.86. The number of halogens is 2. The Balaban J connectivity index is 1.71. The molecule has 0 radical (unpaired) electrons. The van der Waals surface area contributed by atoms with Crippen LogP contribution in [0.25, 0.3) is 5.70 Å². The maximum atomic E-state index is 12.4. The minimum absolute atomic E-state index is 0.0941. The lowest BCUT2D eigenvalue weighted by Gasteiger charge is -2.23. The van der Waals surface area contributed by atoms with Gasteiger partial charge < -0.3 is 14.8 Å². The van der Waals surface area contributed by atoms with Crippen molar-refractivity contribution in [1.82, 2.24) is 20.2 Å². The van der Waals surface area contributed by atoms with Gasteiger partial charge in [0, 0.05) is 11.3 Å². The van der Waals surface area contributed by atoms with Gasteiger partial charge in [0.2, 0.25) is 5.95 Å². The molecular weight excluding hydrogens is 356 g/mol. The van der Waals surface area contributed by atoms with Crippen LogP contribution in [0.15, 0.2) is 54.6 Å². The molecule has 0 fully saturated rings. The van der Waals surface area contributed by atoms with Crippen molar-refractivity contribution in [3.63, 3.8) is 0 Å². The van der Waals surface area contributed by atoms with Gasteiger partial charge in [0.15, 0.2) is 0 Å². The quantitative estimate of drug-likeness (QED) is 0.742. The number of alkyl halides is 2. The van der Waals surface area contributed by atoms with E-state index in [9.17, 15) is 8.78 Å². The molecule has 1 aromatic heterocycles. The average Bonchev–Trinajstić information content (AvgIpc) is 3.16. The molecule has 1 atom stereocenters. The Kier molecular flexibility index (Phi) is 4.41. The van der Waals surface area contributed by atoms with E-state index >= 15 is 0 Å². The minimum Gasteiger partial charge on any atom is -0.497 e. The lowest BCUT2D eigenvalue weighted by Crippen LogP contribution is -2.20. The summed E-state index contributed by atoms with van der Waals surface area (Å²) >= 11 is 0. The van der Waals surface area contributed by atoms with Crippen molar-refractivity contribution in [3.05, 3.63) is 65.7 Å². The van der Waals surface area contributed by atoms with Crippen molar-refractivity contribution in [3.8, 4) is 11.5 Å². The Morgan fingerprint density at radius 3 is 2.67 bits per heavy atom. The molecule has 7 nitrogen and oxygen atoms in total. The summed E-state index contributed by atoms with van der Waals surface area (Å²) in [5.41, 5.74) is 2.55. The van der Waals surface area contributed by atoms with Crippen LogP contribution < -0.4 is 14.8 Å². The number of hydrogen-bond donors (Lipinski definition) is 1. The van der Waals surface area contributed by atoms with Crippen LogP contribution in [0.4, 0.5) is 14.7 Å². The third-order valence-corrected chi connectivity index (χ3v) is 4.15. The maximum Gasteiger partial charge on any atom is 0.387 e. The van der Waals surface area contributed by atoms with Crippen LogP contribution in [-0.2, 0) is 0 Å². The highest BCUT2D eigenvalue weighted by atomic mass is 19.3. The van der Waals surface area contributed by atoms with Gasteiger partial charge in [-0.1, -0.05) is 29.4 Å². The topological polar surface area (TPSA) is 74.1 Å². The van der Waals surface area contributed by atoms with E-state index in [0.717, 1.165) is 22.6 Å². The van der Waals surface area contributed by atoms with E-state index in [-0.39, 0.29) is 11.8 Å². The molecular formula is C18H15F2N5O2. The molecule has 0 bridgehead atoms. The molecule has 9 heteroatoms. The SMILES string of the molecule is COc1cccc(C2=C[C@@H](c3ccc(OC(F)F)cc3)n3nnnc3N2)c1. The minimum atomic E-state index is -2.86. The van der Waals surface area contributed by atoms with Gasteiger partial charge in [-0.3, -0.25) is 0 Å². The van der Waals surface area contributed by atoms with Gasteiger partial charge >= 0.3 is 6.61 Å². The first-order chi connectivity index (χ1) is 13.1. The summed E-state index contributed by atoms with van der Waals surface area (Å²) in [4.78, 5) is 0. The zero-order valence-corrected chi connectivity index (χ0v) is 14.2. The number of fused-ring (bicyclic) bond motifs is 1. The Bertz CT molecular complexity index is 972. The number of nitrogens with zero attached hydrogens (tertiary/aromatic N) is 4. The molecule has 3 aromatic rings. The van der Waals surface area contributed by atoms with Crippen molar-refractivity contribution in [2.75, 3.05) is 12.4 Å². The van der Waals surface area contributed by atoms with Crippen LogP contribution in [0.5, 0.6) is 11.5 Å². The van der Waals surface area contributed by atoms with Gasteiger partial charge in [0.05, 0.1) is 7.11 Å². The highest BCUT2D eigenvalue weighted by Crippen LogP contribution is 2.33.